The van der Waals surface area contributed by atoms with Crippen LogP contribution in [0.1, 0.15) is 402 Å². The quantitative estimate of drug-likeness (QED) is 0.0222. The average Bonchev–Trinajstić information content (AvgIpc) is 1.05. The van der Waals surface area contributed by atoms with E-state index in [9.17, 15) is 43.2 Å². The van der Waals surface area contributed by atoms with Crippen molar-refractivity contribution in [3.8, 4) is 0 Å². The molecule has 19 heteroatoms. The number of phosphoric ester groups is 2. The third-order valence-electron chi connectivity index (χ3n) is 18.1. The predicted molar refractivity (Wildman–Crippen MR) is 395 cm³/mol. The van der Waals surface area contributed by atoms with Gasteiger partial charge >= 0.3 is 39.5 Å². The Kier molecular flexibility index (Phi) is 67.1. The van der Waals surface area contributed by atoms with E-state index in [4.69, 9.17) is 37.0 Å². The molecule has 5 atom stereocenters. The fraction of sp³-hybridized carbons (Fsp3) is 0.949. The average molecular weight is 1420 g/mol. The molecule has 0 aliphatic rings. The first-order valence-electron chi connectivity index (χ1n) is 40.3. The number of ether oxygens (including phenoxy) is 4. The van der Waals surface area contributed by atoms with Gasteiger partial charge in [-0.2, -0.15) is 0 Å². The lowest BCUT2D eigenvalue weighted by atomic mass is 10.0. The van der Waals surface area contributed by atoms with Gasteiger partial charge in [-0.05, 0) is 43.4 Å². The highest BCUT2D eigenvalue weighted by Gasteiger charge is 2.30. The monoisotopic (exact) mass is 1420 g/mol. The van der Waals surface area contributed by atoms with Crippen LogP contribution in [0.5, 0.6) is 0 Å². The van der Waals surface area contributed by atoms with Crippen molar-refractivity contribution >= 4 is 39.5 Å². The first-order valence-corrected chi connectivity index (χ1v) is 43.3. The Morgan fingerprint density at radius 1 is 0.278 bits per heavy atom. The summed E-state index contributed by atoms with van der Waals surface area (Å²) < 4.78 is 68.6. The minimum absolute atomic E-state index is 0.106. The summed E-state index contributed by atoms with van der Waals surface area (Å²) in [6, 6.07) is 0. The highest BCUT2D eigenvalue weighted by atomic mass is 31.2. The van der Waals surface area contributed by atoms with E-state index >= 15 is 0 Å². The van der Waals surface area contributed by atoms with Gasteiger partial charge in [0.2, 0.25) is 0 Å². The van der Waals surface area contributed by atoms with Crippen LogP contribution >= 0.6 is 15.6 Å². The Balaban J connectivity index is 5.23. The van der Waals surface area contributed by atoms with Crippen LogP contribution in [0.15, 0.2) is 0 Å². The molecule has 576 valence electrons. The molecule has 0 radical (unpaired) electrons. The lowest BCUT2D eigenvalue weighted by molar-refractivity contribution is -0.161. The van der Waals surface area contributed by atoms with Gasteiger partial charge in [0.15, 0.2) is 12.2 Å². The highest BCUT2D eigenvalue weighted by Crippen LogP contribution is 2.45. The first kappa shape index (κ1) is 95.1. The summed E-state index contributed by atoms with van der Waals surface area (Å²) in [5.41, 5.74) is 0. The summed E-state index contributed by atoms with van der Waals surface area (Å²) >= 11 is 0. The van der Waals surface area contributed by atoms with Gasteiger partial charge in [0.25, 0.3) is 0 Å². The lowest BCUT2D eigenvalue weighted by Gasteiger charge is -2.21. The third kappa shape index (κ3) is 72.2. The summed E-state index contributed by atoms with van der Waals surface area (Å²) in [5.74, 6) is 0.241. The van der Waals surface area contributed by atoms with E-state index in [1.165, 1.54) is 212 Å². The highest BCUT2D eigenvalue weighted by molar-refractivity contribution is 7.47. The molecule has 0 aromatic rings. The van der Waals surface area contributed by atoms with E-state index < -0.39 is 97.5 Å². The zero-order chi connectivity index (χ0) is 71.6. The lowest BCUT2D eigenvalue weighted by Crippen LogP contribution is -2.30. The Hall–Kier alpha value is -1.94. The van der Waals surface area contributed by atoms with Crippen LogP contribution in [0, 0.1) is 17.8 Å². The van der Waals surface area contributed by atoms with E-state index in [1.807, 2.05) is 0 Å². The molecule has 0 aromatic carbocycles. The molecule has 0 aliphatic carbocycles. The molecule has 17 nitrogen and oxygen atoms in total. The molecule has 0 spiro atoms. The molecule has 0 amide bonds. The van der Waals surface area contributed by atoms with Gasteiger partial charge in [0, 0.05) is 25.7 Å². The van der Waals surface area contributed by atoms with Crippen molar-refractivity contribution in [2.24, 2.45) is 17.8 Å². The number of aliphatic hydroxyl groups is 1. The summed E-state index contributed by atoms with van der Waals surface area (Å²) in [6.07, 6.45) is 55.4. The number of carbonyl (C=O) groups is 4. The van der Waals surface area contributed by atoms with Crippen LogP contribution in [0.25, 0.3) is 0 Å². The second-order valence-corrected chi connectivity index (χ2v) is 32.4. The maximum absolute atomic E-state index is 13.1. The van der Waals surface area contributed by atoms with Gasteiger partial charge in [0.1, 0.15) is 19.3 Å². The summed E-state index contributed by atoms with van der Waals surface area (Å²) in [5, 5.41) is 10.6. The van der Waals surface area contributed by atoms with Crippen molar-refractivity contribution in [2.75, 3.05) is 39.6 Å². The van der Waals surface area contributed by atoms with E-state index in [2.05, 4.69) is 48.5 Å². The normalized spacial score (nSPS) is 14.0. The number of hydrogen-bond acceptors (Lipinski definition) is 15. The molecule has 2 unspecified atom stereocenters. The Bertz CT molecular complexity index is 1890. The minimum atomic E-state index is -4.96. The Morgan fingerprint density at radius 2 is 0.474 bits per heavy atom. The molecule has 0 fully saturated rings. The van der Waals surface area contributed by atoms with Gasteiger partial charge in [-0.25, -0.2) is 9.13 Å². The van der Waals surface area contributed by atoms with Crippen LogP contribution in [0.3, 0.4) is 0 Å². The van der Waals surface area contributed by atoms with Gasteiger partial charge < -0.3 is 33.8 Å². The Labute approximate surface area is 594 Å². The largest absolute Gasteiger partial charge is 0.472 e. The number of aliphatic hydroxyl groups excluding tert-OH is 1. The summed E-state index contributed by atoms with van der Waals surface area (Å²) in [4.78, 5) is 72.9. The Morgan fingerprint density at radius 3 is 0.701 bits per heavy atom. The summed E-state index contributed by atoms with van der Waals surface area (Å²) in [6.45, 7) is 11.9. The van der Waals surface area contributed by atoms with Crippen molar-refractivity contribution in [2.45, 2.75) is 420 Å². The van der Waals surface area contributed by atoms with Gasteiger partial charge in [0.05, 0.1) is 26.4 Å². The maximum atomic E-state index is 13.1. The molecule has 0 rings (SSSR count). The van der Waals surface area contributed by atoms with Crippen molar-refractivity contribution in [1.29, 1.82) is 0 Å². The number of hydrogen-bond donors (Lipinski definition) is 3. The zero-order valence-corrected chi connectivity index (χ0v) is 65.3. The van der Waals surface area contributed by atoms with E-state index in [-0.39, 0.29) is 25.7 Å². The number of unbranched alkanes of at least 4 members (excludes halogenated alkanes) is 44. The number of carbonyl (C=O) groups excluding carboxylic acids is 4. The second kappa shape index (κ2) is 68.5. The van der Waals surface area contributed by atoms with Gasteiger partial charge in [-0.1, -0.05) is 350 Å². The van der Waals surface area contributed by atoms with Crippen LogP contribution < -0.4 is 0 Å². The molecule has 0 aromatic heterocycles. The number of rotatable bonds is 76. The second-order valence-electron chi connectivity index (χ2n) is 29.5. The SMILES string of the molecule is CCCCCCCCCCCC(=O)OC[C@H](COP(=O)(O)OC[C@H](O)COP(=O)(O)OC[C@@H](COC(=O)CCCCCCCCCCCCCCC(C)C)OC(=O)CCCCCCCCCCCCCCCCCCC(C)C)OC(=O)CCCCCCCCCCCCCC(C)C. The standard InChI is InChI=1S/C78H152O17P2/c1-8-9-10-11-12-28-38-45-52-59-75(80)88-65-73(94-78(83)62-55-48-41-34-27-21-24-31-37-44-51-58-71(6)7)67-92-96(84,85)90-63-72(79)64-91-97(86,87)93-68-74(66-89-76(81)60-53-46-39-32-25-20-19-23-30-36-43-50-57-70(4)5)95-77(82)61-54-47-40-33-26-18-16-14-13-15-17-22-29-35-42-49-56-69(2)3/h69-74,79H,8-68H2,1-7H3,(H,84,85)(H,86,87)/t72-,73+,74+/m0/s1. The third-order valence-corrected chi connectivity index (χ3v) is 20.0. The number of esters is 4. The molecule has 0 aliphatic heterocycles. The topological polar surface area (TPSA) is 237 Å². The van der Waals surface area contributed by atoms with Crippen LogP contribution in [0.4, 0.5) is 0 Å². The van der Waals surface area contributed by atoms with E-state index in [0.717, 1.165) is 108 Å². The first-order chi connectivity index (χ1) is 46.7. The fourth-order valence-electron chi connectivity index (χ4n) is 12.0. The molecular formula is C78H152O17P2. The molecule has 97 heavy (non-hydrogen) atoms. The fourth-order valence-corrected chi connectivity index (χ4v) is 13.5. The predicted octanol–water partition coefficient (Wildman–Crippen LogP) is 23.0. The number of phosphoric acid groups is 2. The molecule has 0 saturated heterocycles. The van der Waals surface area contributed by atoms with Crippen LogP contribution in [0.2, 0.25) is 0 Å². The van der Waals surface area contributed by atoms with E-state index in [1.54, 1.807) is 0 Å². The van der Waals surface area contributed by atoms with Gasteiger partial charge in [-0.3, -0.25) is 37.3 Å². The molecule has 3 N–H and O–H groups in total. The molecule has 0 saturated carbocycles. The molecule has 0 heterocycles. The smallest absolute Gasteiger partial charge is 0.462 e. The van der Waals surface area contributed by atoms with Crippen LogP contribution in [-0.2, 0) is 65.4 Å². The van der Waals surface area contributed by atoms with Crippen molar-refractivity contribution in [1.82, 2.24) is 0 Å². The van der Waals surface area contributed by atoms with Crippen molar-refractivity contribution < 1.29 is 80.2 Å². The maximum Gasteiger partial charge on any atom is 0.472 e. The minimum Gasteiger partial charge on any atom is -0.462 e. The van der Waals surface area contributed by atoms with Crippen LogP contribution in [-0.4, -0.2) is 96.7 Å². The van der Waals surface area contributed by atoms with E-state index in [0.29, 0.717) is 25.7 Å². The van der Waals surface area contributed by atoms with Crippen molar-refractivity contribution in [3.63, 3.8) is 0 Å². The van der Waals surface area contributed by atoms with Crippen molar-refractivity contribution in [3.05, 3.63) is 0 Å². The van der Waals surface area contributed by atoms with Gasteiger partial charge in [-0.15, -0.1) is 0 Å². The zero-order valence-electron chi connectivity index (χ0n) is 63.5. The molecule has 0 bridgehead atoms. The molecular weight excluding hydrogens is 1270 g/mol. The summed E-state index contributed by atoms with van der Waals surface area (Å²) in [7, 11) is -9.91.